The number of rotatable bonds is 5. The number of Topliss-reactive ketones (excluding diaryl/α,β-unsaturated/α-hetero) is 1. The van der Waals surface area contributed by atoms with E-state index in [1.54, 1.807) is 11.9 Å². The second-order valence-corrected chi connectivity index (χ2v) is 14.4. The predicted octanol–water partition coefficient (Wildman–Crippen LogP) is 5.13. The molecule has 0 bridgehead atoms. The Bertz CT molecular complexity index is 1060. The van der Waals surface area contributed by atoms with E-state index in [-0.39, 0.29) is 46.4 Å². The quantitative estimate of drug-likeness (QED) is 0.591. The predicted molar refractivity (Wildman–Crippen MR) is 143 cm³/mol. The summed E-state index contributed by atoms with van der Waals surface area (Å²) in [5.74, 6) is 1.90. The van der Waals surface area contributed by atoms with Crippen LogP contribution in [0.1, 0.15) is 110 Å². The zero-order valence-corrected chi connectivity index (χ0v) is 24.1. The van der Waals surface area contributed by atoms with Crippen molar-refractivity contribution >= 4 is 11.7 Å². The van der Waals surface area contributed by atoms with Crippen LogP contribution in [0.3, 0.4) is 0 Å². The largest absolute Gasteiger partial charge is 0.390 e. The van der Waals surface area contributed by atoms with E-state index in [0.29, 0.717) is 23.4 Å². The van der Waals surface area contributed by atoms with Crippen molar-refractivity contribution in [1.29, 1.82) is 0 Å². The van der Waals surface area contributed by atoms with Gasteiger partial charge in [-0.3, -0.25) is 9.59 Å². The number of ketones is 1. The molecule has 0 aromatic carbocycles. The maximum atomic E-state index is 13.7. The number of aromatic nitrogens is 3. The van der Waals surface area contributed by atoms with E-state index in [1.807, 2.05) is 20.8 Å². The lowest BCUT2D eigenvalue weighted by molar-refractivity contribution is -0.197. The molecule has 5 rings (SSSR count). The second-order valence-electron chi connectivity index (χ2n) is 14.4. The van der Waals surface area contributed by atoms with E-state index in [2.05, 4.69) is 31.0 Å². The van der Waals surface area contributed by atoms with Crippen molar-refractivity contribution in [1.82, 2.24) is 19.9 Å². The third-order valence-corrected chi connectivity index (χ3v) is 12.3. The Hall–Kier alpha value is -1.76. The van der Waals surface area contributed by atoms with Crippen LogP contribution in [0, 0.1) is 39.9 Å². The Kier molecular flexibility index (Phi) is 6.45. The number of amides is 1. The molecule has 1 amide bonds. The van der Waals surface area contributed by atoms with Crippen LogP contribution >= 0.6 is 0 Å². The molecule has 0 spiro atoms. The SMILES string of the molecule is CC(C)N(C)C(=O)c1cnn(CC(=O)[C@H]2CC[C@H]3[C@@H]4CC[C@@H]5C[C@](C)(O)CC[C@]5(C)[C@@]4(C)CC[C@]23C)n1. The van der Waals surface area contributed by atoms with Crippen molar-refractivity contribution in [2.24, 2.45) is 39.9 Å². The lowest BCUT2D eigenvalue weighted by Crippen LogP contribution is -2.61. The number of nitrogens with zero attached hydrogens (tertiary/aromatic N) is 4. The smallest absolute Gasteiger partial charge is 0.276 e. The van der Waals surface area contributed by atoms with Crippen LogP contribution in [-0.4, -0.2) is 55.4 Å². The van der Waals surface area contributed by atoms with Crippen LogP contribution in [0.25, 0.3) is 0 Å². The highest BCUT2D eigenvalue weighted by atomic mass is 16.3. The molecule has 1 aromatic rings. The van der Waals surface area contributed by atoms with Gasteiger partial charge in [0.05, 0.1) is 11.8 Å². The van der Waals surface area contributed by atoms with Gasteiger partial charge in [0, 0.05) is 19.0 Å². The van der Waals surface area contributed by atoms with Crippen molar-refractivity contribution in [3.05, 3.63) is 11.9 Å². The van der Waals surface area contributed by atoms with Crippen LogP contribution in [0.4, 0.5) is 0 Å². The van der Waals surface area contributed by atoms with Gasteiger partial charge in [0.25, 0.3) is 5.91 Å². The van der Waals surface area contributed by atoms with Gasteiger partial charge in [0.2, 0.25) is 0 Å². The van der Waals surface area contributed by atoms with Gasteiger partial charge >= 0.3 is 0 Å². The summed E-state index contributed by atoms with van der Waals surface area (Å²) in [6.45, 7) is 13.6. The molecule has 7 heteroatoms. The highest BCUT2D eigenvalue weighted by Crippen LogP contribution is 2.73. The number of hydrogen-bond acceptors (Lipinski definition) is 5. The molecule has 0 saturated heterocycles. The van der Waals surface area contributed by atoms with Gasteiger partial charge < -0.3 is 10.0 Å². The van der Waals surface area contributed by atoms with Crippen LogP contribution in [0.15, 0.2) is 6.20 Å². The molecule has 4 aliphatic carbocycles. The molecule has 4 aliphatic rings. The molecule has 1 aromatic heterocycles. The average molecular weight is 513 g/mol. The first-order valence-corrected chi connectivity index (χ1v) is 14.6. The van der Waals surface area contributed by atoms with E-state index < -0.39 is 5.60 Å². The first-order valence-electron chi connectivity index (χ1n) is 14.6. The van der Waals surface area contributed by atoms with Gasteiger partial charge in [-0.25, -0.2) is 0 Å². The van der Waals surface area contributed by atoms with E-state index in [4.69, 9.17) is 0 Å². The third kappa shape index (κ3) is 4.09. The number of hydrogen-bond donors (Lipinski definition) is 1. The molecule has 0 aliphatic heterocycles. The molecule has 4 saturated carbocycles. The zero-order chi connectivity index (χ0) is 27.0. The average Bonchev–Trinajstić information content (AvgIpc) is 3.43. The van der Waals surface area contributed by atoms with Crippen molar-refractivity contribution in [2.45, 2.75) is 118 Å². The van der Waals surface area contributed by atoms with Crippen LogP contribution in [0.2, 0.25) is 0 Å². The fourth-order valence-corrected chi connectivity index (χ4v) is 9.48. The Morgan fingerprint density at radius 2 is 1.70 bits per heavy atom. The maximum absolute atomic E-state index is 13.7. The molecule has 8 atom stereocenters. The summed E-state index contributed by atoms with van der Waals surface area (Å²) in [5.41, 5.74) is 0.345. The van der Waals surface area contributed by atoms with E-state index >= 15 is 0 Å². The molecule has 1 N–H and O–H groups in total. The molecule has 37 heavy (non-hydrogen) atoms. The normalized spacial score (nSPS) is 43.2. The maximum Gasteiger partial charge on any atom is 0.276 e. The van der Waals surface area contributed by atoms with Gasteiger partial charge in [-0.15, -0.1) is 5.10 Å². The summed E-state index contributed by atoms with van der Waals surface area (Å²) >= 11 is 0. The minimum Gasteiger partial charge on any atom is -0.390 e. The fraction of sp³-hybridized carbons (Fsp3) is 0.867. The highest BCUT2D eigenvalue weighted by molar-refractivity contribution is 5.92. The van der Waals surface area contributed by atoms with E-state index in [9.17, 15) is 14.7 Å². The molecule has 0 unspecified atom stereocenters. The number of carbonyl (C=O) groups excluding carboxylic acids is 2. The Morgan fingerprint density at radius 1 is 1.03 bits per heavy atom. The van der Waals surface area contributed by atoms with Crippen LogP contribution < -0.4 is 0 Å². The van der Waals surface area contributed by atoms with Gasteiger partial charge in [-0.05, 0) is 113 Å². The summed E-state index contributed by atoms with van der Waals surface area (Å²) < 4.78 is 0. The van der Waals surface area contributed by atoms with E-state index in [0.717, 1.165) is 38.5 Å². The summed E-state index contributed by atoms with van der Waals surface area (Å²) in [5, 5.41) is 19.5. The standard InChI is InChI=1S/C30H48N4O3/c1-19(2)33(7)26(36)24-17-31-34(32-24)18-25(35)23-11-10-21-22-9-8-20-16-27(3,37)12-14-29(20,5)30(22,6)15-13-28(21,23)4/h17,19-23,37H,8-16,18H2,1-7H3/t20-,21+,22+,23-,27-,28+,29+,30+/m1/s1. The fourth-order valence-electron chi connectivity index (χ4n) is 9.48. The third-order valence-electron chi connectivity index (χ3n) is 12.3. The number of aliphatic hydroxyl groups is 1. The van der Waals surface area contributed by atoms with Crippen molar-refractivity contribution in [2.75, 3.05) is 7.05 Å². The van der Waals surface area contributed by atoms with Crippen molar-refractivity contribution in [3.63, 3.8) is 0 Å². The lowest BCUT2D eigenvalue weighted by Gasteiger charge is -2.67. The van der Waals surface area contributed by atoms with Crippen LogP contribution in [-0.2, 0) is 11.3 Å². The summed E-state index contributed by atoms with van der Waals surface area (Å²) in [6, 6.07) is 0.0748. The Morgan fingerprint density at radius 3 is 2.41 bits per heavy atom. The first kappa shape index (κ1) is 26.8. The molecule has 4 fully saturated rings. The molecular formula is C30H48N4O3. The van der Waals surface area contributed by atoms with Crippen molar-refractivity contribution in [3.8, 4) is 0 Å². The molecule has 7 nitrogen and oxygen atoms in total. The Balaban J connectivity index is 1.31. The molecule has 206 valence electrons. The van der Waals surface area contributed by atoms with E-state index in [1.165, 1.54) is 30.3 Å². The lowest BCUT2D eigenvalue weighted by atomic mass is 9.38. The monoisotopic (exact) mass is 512 g/mol. The zero-order valence-electron chi connectivity index (χ0n) is 24.1. The van der Waals surface area contributed by atoms with Gasteiger partial charge in [0.15, 0.2) is 11.5 Å². The number of fused-ring (bicyclic) bond motifs is 5. The highest BCUT2D eigenvalue weighted by Gasteiger charge is 2.66. The van der Waals surface area contributed by atoms with Gasteiger partial charge in [-0.2, -0.15) is 9.90 Å². The minimum absolute atomic E-state index is 0.0221. The minimum atomic E-state index is -0.517. The Labute approximate surface area is 222 Å². The first-order chi connectivity index (χ1) is 17.2. The second kappa shape index (κ2) is 8.89. The summed E-state index contributed by atoms with van der Waals surface area (Å²) in [7, 11) is 1.76. The van der Waals surface area contributed by atoms with Gasteiger partial charge in [0.1, 0.15) is 6.54 Å². The van der Waals surface area contributed by atoms with Crippen LogP contribution in [0.5, 0.6) is 0 Å². The topological polar surface area (TPSA) is 88.3 Å². The molecular weight excluding hydrogens is 464 g/mol. The molecule has 1 heterocycles. The molecule has 0 radical (unpaired) electrons. The summed E-state index contributed by atoms with van der Waals surface area (Å²) in [4.78, 5) is 29.4. The van der Waals surface area contributed by atoms with Crippen molar-refractivity contribution < 1.29 is 14.7 Å². The summed E-state index contributed by atoms with van der Waals surface area (Å²) in [6.07, 6.45) is 11.2. The van der Waals surface area contributed by atoms with Gasteiger partial charge in [-0.1, -0.05) is 20.8 Å². The number of carbonyl (C=O) groups is 2.